The van der Waals surface area contributed by atoms with Gasteiger partial charge < -0.3 is 29.6 Å². The molecule has 0 saturated carbocycles. The van der Waals surface area contributed by atoms with E-state index >= 15 is 0 Å². The minimum absolute atomic E-state index is 0.0230. The second-order valence-electron chi connectivity index (χ2n) is 8.99. The van der Waals surface area contributed by atoms with Gasteiger partial charge in [0.05, 0.1) is 36.0 Å². The zero-order valence-corrected chi connectivity index (χ0v) is 20.9. The number of ether oxygens (including phenoxy) is 2. The molecule has 4 heterocycles. The molecule has 2 N–H and O–H groups in total. The molecule has 2 saturated heterocycles. The van der Waals surface area contributed by atoms with Crippen LogP contribution in [-0.4, -0.2) is 83.7 Å². The summed E-state index contributed by atoms with van der Waals surface area (Å²) in [4.78, 5) is 39.6. The number of carbonyl (C=O) groups excluding carboxylic acids is 2. The topological polar surface area (TPSA) is 113 Å². The molecule has 3 aromatic rings. The summed E-state index contributed by atoms with van der Waals surface area (Å²) in [5.41, 5.74) is 3.97. The van der Waals surface area contributed by atoms with E-state index in [1.54, 1.807) is 4.90 Å². The molecule has 190 valence electrons. The summed E-state index contributed by atoms with van der Waals surface area (Å²) in [5.74, 6) is -0.301. The molecule has 2 fully saturated rings. The summed E-state index contributed by atoms with van der Waals surface area (Å²) in [5, 5.41) is 3.08. The van der Waals surface area contributed by atoms with Gasteiger partial charge in [0.2, 0.25) is 11.8 Å². The van der Waals surface area contributed by atoms with Gasteiger partial charge in [-0.25, -0.2) is 4.98 Å². The van der Waals surface area contributed by atoms with E-state index in [0.29, 0.717) is 53.8 Å². The number of imidazole rings is 1. The number of aromatic amines is 1. The number of nitrogens with one attached hydrogen (secondary N) is 2. The number of rotatable bonds is 6. The van der Waals surface area contributed by atoms with Gasteiger partial charge in [-0.3, -0.25) is 9.59 Å². The molecule has 0 aliphatic carbocycles. The first-order chi connectivity index (χ1) is 17.5. The predicted molar refractivity (Wildman–Crippen MR) is 136 cm³/mol. The first kappa shape index (κ1) is 24.3. The molecule has 2 aromatic heterocycles. The van der Waals surface area contributed by atoms with Gasteiger partial charge in [-0.2, -0.15) is 4.98 Å². The second kappa shape index (κ2) is 10.7. The lowest BCUT2D eigenvalue weighted by atomic mass is 10.1. The van der Waals surface area contributed by atoms with Gasteiger partial charge in [0, 0.05) is 57.2 Å². The number of fused-ring (bicyclic) bond motifs is 1. The SMILES string of the molecule is CC(=O)NCC(=O)N1CCC(Oc2nc3nc(-c4ccc(N5CCOCC5)cc4)c(Cl)cc3[nH]2)CC1. The summed E-state index contributed by atoms with van der Waals surface area (Å²) in [6, 6.07) is 10.4. The van der Waals surface area contributed by atoms with Crippen LogP contribution in [0.4, 0.5) is 5.69 Å². The number of morpholine rings is 1. The van der Waals surface area contributed by atoms with Gasteiger partial charge in [0.25, 0.3) is 6.01 Å². The summed E-state index contributed by atoms with van der Waals surface area (Å²) in [7, 11) is 0. The standard InChI is InChI=1S/C25H29ClN6O4/c1-16(33)27-15-22(34)32-8-6-19(7-9-32)36-25-28-21-14-20(26)23(29-24(21)30-25)17-2-4-18(5-3-17)31-10-12-35-13-11-31/h2-5,14,19H,6-13,15H2,1H3,(H,27,33)(H,28,29,30). The Morgan fingerprint density at radius 2 is 1.86 bits per heavy atom. The van der Waals surface area contributed by atoms with Crippen LogP contribution in [-0.2, 0) is 14.3 Å². The van der Waals surface area contributed by atoms with Crippen molar-refractivity contribution in [3.05, 3.63) is 35.4 Å². The fourth-order valence-corrected chi connectivity index (χ4v) is 4.76. The lowest BCUT2D eigenvalue weighted by Crippen LogP contribution is -2.45. The molecule has 2 amide bonds. The van der Waals surface area contributed by atoms with Gasteiger partial charge in [0.15, 0.2) is 5.65 Å². The first-order valence-corrected chi connectivity index (χ1v) is 12.5. The third-order valence-electron chi connectivity index (χ3n) is 6.48. The number of aromatic nitrogens is 3. The van der Waals surface area contributed by atoms with Crippen molar-refractivity contribution in [1.82, 2.24) is 25.2 Å². The van der Waals surface area contributed by atoms with E-state index in [1.807, 2.05) is 18.2 Å². The quantitative estimate of drug-likeness (QED) is 0.522. The monoisotopic (exact) mass is 512 g/mol. The fraction of sp³-hybridized carbons (Fsp3) is 0.440. The number of amides is 2. The molecular weight excluding hydrogens is 484 g/mol. The largest absolute Gasteiger partial charge is 0.461 e. The number of hydrogen-bond donors (Lipinski definition) is 2. The van der Waals surface area contributed by atoms with Crippen LogP contribution in [0.25, 0.3) is 22.4 Å². The average molecular weight is 513 g/mol. The second-order valence-corrected chi connectivity index (χ2v) is 9.39. The zero-order chi connectivity index (χ0) is 25.1. The Morgan fingerprint density at radius 1 is 1.14 bits per heavy atom. The van der Waals surface area contributed by atoms with E-state index in [-0.39, 0.29) is 24.5 Å². The van der Waals surface area contributed by atoms with Crippen molar-refractivity contribution in [3.63, 3.8) is 0 Å². The summed E-state index contributed by atoms with van der Waals surface area (Å²) in [6.07, 6.45) is 1.29. The number of pyridine rings is 1. The molecule has 0 spiro atoms. The van der Waals surface area contributed by atoms with Gasteiger partial charge >= 0.3 is 0 Å². The first-order valence-electron chi connectivity index (χ1n) is 12.1. The Hall–Kier alpha value is -3.37. The maximum atomic E-state index is 12.2. The van der Waals surface area contributed by atoms with Crippen LogP contribution < -0.4 is 15.0 Å². The lowest BCUT2D eigenvalue weighted by molar-refractivity contribution is -0.134. The highest BCUT2D eigenvalue weighted by atomic mass is 35.5. The summed E-state index contributed by atoms with van der Waals surface area (Å²) >= 11 is 6.58. The van der Waals surface area contributed by atoms with Crippen LogP contribution in [0, 0.1) is 0 Å². The summed E-state index contributed by atoms with van der Waals surface area (Å²) in [6.45, 7) is 5.80. The molecule has 0 bridgehead atoms. The molecule has 0 unspecified atom stereocenters. The number of benzene rings is 1. The van der Waals surface area contributed by atoms with Crippen molar-refractivity contribution >= 4 is 40.3 Å². The Morgan fingerprint density at radius 3 is 2.56 bits per heavy atom. The van der Waals surface area contributed by atoms with Crippen molar-refractivity contribution in [1.29, 1.82) is 0 Å². The minimum atomic E-state index is -0.215. The Kier molecular flexibility index (Phi) is 7.24. The van der Waals surface area contributed by atoms with Gasteiger partial charge in [-0.05, 0) is 18.2 Å². The fourth-order valence-electron chi connectivity index (χ4n) is 4.50. The van der Waals surface area contributed by atoms with E-state index in [2.05, 4.69) is 32.3 Å². The number of hydrogen-bond acceptors (Lipinski definition) is 7. The van der Waals surface area contributed by atoms with E-state index in [0.717, 1.165) is 37.6 Å². The highest BCUT2D eigenvalue weighted by Crippen LogP contribution is 2.31. The number of nitrogens with zero attached hydrogens (tertiary/aromatic N) is 4. The molecule has 1 aromatic carbocycles. The summed E-state index contributed by atoms with van der Waals surface area (Å²) < 4.78 is 11.5. The van der Waals surface area contributed by atoms with E-state index < -0.39 is 0 Å². The highest BCUT2D eigenvalue weighted by molar-refractivity contribution is 6.33. The van der Waals surface area contributed by atoms with Crippen molar-refractivity contribution in [2.45, 2.75) is 25.9 Å². The average Bonchev–Trinajstić information content (AvgIpc) is 3.28. The van der Waals surface area contributed by atoms with Crippen LogP contribution in [0.5, 0.6) is 6.01 Å². The molecule has 36 heavy (non-hydrogen) atoms. The van der Waals surface area contributed by atoms with Crippen LogP contribution in [0.15, 0.2) is 30.3 Å². The Balaban J connectivity index is 1.23. The van der Waals surface area contributed by atoms with Crippen LogP contribution in [0.1, 0.15) is 19.8 Å². The number of halogens is 1. The van der Waals surface area contributed by atoms with E-state index in [4.69, 9.17) is 26.1 Å². The van der Waals surface area contributed by atoms with Gasteiger partial charge in [0.1, 0.15) is 6.10 Å². The molecule has 0 radical (unpaired) electrons. The van der Waals surface area contributed by atoms with Gasteiger partial charge in [-0.15, -0.1) is 0 Å². The van der Waals surface area contributed by atoms with Crippen LogP contribution >= 0.6 is 11.6 Å². The minimum Gasteiger partial charge on any atom is -0.461 e. The third-order valence-corrected chi connectivity index (χ3v) is 6.77. The zero-order valence-electron chi connectivity index (χ0n) is 20.1. The van der Waals surface area contributed by atoms with Crippen molar-refractivity contribution in [3.8, 4) is 17.3 Å². The molecular formula is C25H29ClN6O4. The Bertz CT molecular complexity index is 1230. The van der Waals surface area contributed by atoms with Crippen molar-refractivity contribution in [2.24, 2.45) is 0 Å². The van der Waals surface area contributed by atoms with Crippen molar-refractivity contribution < 1.29 is 19.1 Å². The predicted octanol–water partition coefficient (Wildman–Crippen LogP) is 2.62. The lowest BCUT2D eigenvalue weighted by Gasteiger charge is -2.31. The number of likely N-dealkylation sites (tertiary alicyclic amines) is 1. The molecule has 2 aliphatic heterocycles. The highest BCUT2D eigenvalue weighted by Gasteiger charge is 2.25. The third kappa shape index (κ3) is 5.55. The smallest absolute Gasteiger partial charge is 0.296 e. The molecule has 11 heteroatoms. The number of H-pyrrole nitrogens is 1. The molecule has 5 rings (SSSR count). The number of carbonyl (C=O) groups is 2. The normalized spacial score (nSPS) is 16.8. The van der Waals surface area contributed by atoms with Crippen LogP contribution in [0.3, 0.4) is 0 Å². The maximum Gasteiger partial charge on any atom is 0.296 e. The Labute approximate surface area is 213 Å². The van der Waals surface area contributed by atoms with Crippen LogP contribution in [0.2, 0.25) is 5.02 Å². The number of anilines is 1. The number of piperidine rings is 1. The van der Waals surface area contributed by atoms with E-state index in [9.17, 15) is 9.59 Å². The molecule has 0 atom stereocenters. The van der Waals surface area contributed by atoms with Crippen molar-refractivity contribution in [2.75, 3.05) is 50.8 Å². The van der Waals surface area contributed by atoms with E-state index in [1.165, 1.54) is 6.92 Å². The van der Waals surface area contributed by atoms with Gasteiger partial charge in [-0.1, -0.05) is 23.7 Å². The molecule has 2 aliphatic rings. The molecule has 10 nitrogen and oxygen atoms in total. The maximum absolute atomic E-state index is 12.2.